The summed E-state index contributed by atoms with van der Waals surface area (Å²) in [5.41, 5.74) is 0. The number of likely N-dealkylation sites (tertiary alicyclic amines) is 1. The molecule has 0 aliphatic carbocycles. The first-order valence-corrected chi connectivity index (χ1v) is 6.51. The molecule has 8 nitrogen and oxygen atoms in total. The first-order valence-electron chi connectivity index (χ1n) is 6.51. The molecule has 0 unspecified atom stereocenters. The van der Waals surface area contributed by atoms with E-state index in [-0.39, 0.29) is 31.7 Å². The first kappa shape index (κ1) is 15.0. The Hall–Kier alpha value is -2.35. The molecule has 1 aromatic rings. The molecule has 3 N–H and O–H groups in total. The van der Waals surface area contributed by atoms with E-state index in [1.165, 1.54) is 12.3 Å². The number of rotatable bonds is 5. The van der Waals surface area contributed by atoms with Crippen molar-refractivity contribution in [3.05, 3.63) is 24.2 Å². The molecule has 2 atom stereocenters. The van der Waals surface area contributed by atoms with Gasteiger partial charge in [0.15, 0.2) is 5.76 Å². The van der Waals surface area contributed by atoms with E-state index in [0.717, 1.165) is 4.90 Å². The fraction of sp³-hybridized carbons (Fsp3) is 0.462. The predicted molar refractivity (Wildman–Crippen MR) is 69.4 cm³/mol. The van der Waals surface area contributed by atoms with Gasteiger partial charge in [-0.1, -0.05) is 0 Å². The minimum atomic E-state index is -1.14. The lowest BCUT2D eigenvalue weighted by molar-refractivity contribution is -0.148. The van der Waals surface area contributed by atoms with E-state index in [2.05, 4.69) is 5.32 Å². The largest absolute Gasteiger partial charge is 0.480 e. The number of carbonyl (C=O) groups excluding carboxylic acids is 2. The smallest absolute Gasteiger partial charge is 0.326 e. The highest BCUT2D eigenvalue weighted by Gasteiger charge is 2.38. The van der Waals surface area contributed by atoms with E-state index in [4.69, 9.17) is 9.52 Å². The molecule has 0 spiro atoms. The topological polar surface area (TPSA) is 120 Å². The number of aliphatic hydroxyl groups excluding tert-OH is 1. The predicted octanol–water partition coefficient (Wildman–Crippen LogP) is -0.554. The van der Waals surface area contributed by atoms with Gasteiger partial charge in [0.25, 0.3) is 5.91 Å². The van der Waals surface area contributed by atoms with Crippen molar-refractivity contribution in [2.24, 2.45) is 0 Å². The van der Waals surface area contributed by atoms with Gasteiger partial charge in [-0.25, -0.2) is 4.79 Å². The highest BCUT2D eigenvalue weighted by Crippen LogP contribution is 2.18. The zero-order valence-electron chi connectivity index (χ0n) is 11.2. The van der Waals surface area contributed by atoms with Gasteiger partial charge in [0, 0.05) is 25.9 Å². The summed E-state index contributed by atoms with van der Waals surface area (Å²) in [6, 6.07) is 2.06. The molecule has 2 heterocycles. The molecule has 8 heteroatoms. The molecule has 1 aliphatic heterocycles. The molecule has 0 aromatic carbocycles. The lowest BCUT2D eigenvalue weighted by Gasteiger charge is -2.21. The number of carboxylic acid groups (broad SMARTS) is 1. The molecule has 0 saturated carbocycles. The molecule has 114 valence electrons. The van der Waals surface area contributed by atoms with Crippen LogP contribution in [0.25, 0.3) is 0 Å². The van der Waals surface area contributed by atoms with Crippen LogP contribution in [-0.2, 0) is 9.59 Å². The van der Waals surface area contributed by atoms with Crippen LogP contribution in [0.4, 0.5) is 0 Å². The van der Waals surface area contributed by atoms with Crippen LogP contribution in [0.3, 0.4) is 0 Å². The molecule has 1 aromatic heterocycles. The third kappa shape index (κ3) is 3.60. The normalized spacial score (nSPS) is 21.3. The number of β-amino-alcohol motifs (C(OH)–C–C–N with tert-alkyl or cyclic N) is 1. The maximum atomic E-state index is 12.0. The Kier molecular flexibility index (Phi) is 4.59. The minimum absolute atomic E-state index is 0.00191. The van der Waals surface area contributed by atoms with E-state index in [0.29, 0.717) is 0 Å². The highest BCUT2D eigenvalue weighted by atomic mass is 16.4. The zero-order chi connectivity index (χ0) is 15.4. The van der Waals surface area contributed by atoms with Crippen molar-refractivity contribution in [2.75, 3.05) is 13.1 Å². The number of furan rings is 1. The number of nitrogens with one attached hydrogen (secondary N) is 1. The van der Waals surface area contributed by atoms with Crippen LogP contribution in [-0.4, -0.2) is 58.1 Å². The van der Waals surface area contributed by atoms with Gasteiger partial charge < -0.3 is 24.8 Å². The molecular formula is C13H16N2O6. The van der Waals surface area contributed by atoms with Gasteiger partial charge in [-0.05, 0) is 12.1 Å². The van der Waals surface area contributed by atoms with E-state index in [1.807, 2.05) is 0 Å². The summed E-state index contributed by atoms with van der Waals surface area (Å²) in [5, 5.41) is 21.0. The molecular weight excluding hydrogens is 280 g/mol. The molecule has 0 radical (unpaired) electrons. The van der Waals surface area contributed by atoms with Gasteiger partial charge in [-0.2, -0.15) is 0 Å². The number of nitrogens with zero attached hydrogens (tertiary/aromatic N) is 1. The van der Waals surface area contributed by atoms with Crippen molar-refractivity contribution >= 4 is 17.8 Å². The number of hydrogen-bond donors (Lipinski definition) is 3. The Bertz CT molecular complexity index is 527. The van der Waals surface area contributed by atoms with Gasteiger partial charge >= 0.3 is 5.97 Å². The molecule has 1 fully saturated rings. The van der Waals surface area contributed by atoms with Crippen molar-refractivity contribution in [3.63, 3.8) is 0 Å². The van der Waals surface area contributed by atoms with Crippen LogP contribution in [0, 0.1) is 0 Å². The van der Waals surface area contributed by atoms with Crippen LogP contribution < -0.4 is 5.32 Å². The van der Waals surface area contributed by atoms with Crippen molar-refractivity contribution in [1.82, 2.24) is 10.2 Å². The second-order valence-corrected chi connectivity index (χ2v) is 4.77. The van der Waals surface area contributed by atoms with Crippen LogP contribution in [0.5, 0.6) is 0 Å². The summed E-state index contributed by atoms with van der Waals surface area (Å²) in [6.45, 7) is 0.0687. The molecule has 0 bridgehead atoms. The lowest BCUT2D eigenvalue weighted by atomic mass is 10.2. The van der Waals surface area contributed by atoms with E-state index < -0.39 is 29.9 Å². The Balaban J connectivity index is 1.81. The monoisotopic (exact) mass is 296 g/mol. The molecule has 1 aliphatic rings. The summed E-state index contributed by atoms with van der Waals surface area (Å²) in [5.74, 6) is -1.86. The van der Waals surface area contributed by atoms with Crippen molar-refractivity contribution in [2.45, 2.75) is 25.0 Å². The first-order chi connectivity index (χ1) is 9.99. The van der Waals surface area contributed by atoms with Gasteiger partial charge in [0.05, 0.1) is 12.4 Å². The number of aliphatic carboxylic acids is 1. The van der Waals surface area contributed by atoms with Crippen LogP contribution in [0.2, 0.25) is 0 Å². The number of hydrogen-bond acceptors (Lipinski definition) is 5. The number of amides is 2. The standard InChI is InChI=1S/C13H16N2O6/c16-8-6-9(13(19)20)15(7-8)11(17)3-4-14-12(18)10-2-1-5-21-10/h1-2,5,8-9,16H,3-4,6-7H2,(H,14,18)(H,19,20)/t8-,9-/m0/s1. The minimum Gasteiger partial charge on any atom is -0.480 e. The maximum Gasteiger partial charge on any atom is 0.326 e. The summed E-state index contributed by atoms with van der Waals surface area (Å²) in [7, 11) is 0. The Morgan fingerprint density at radius 2 is 2.19 bits per heavy atom. The Morgan fingerprint density at radius 3 is 2.81 bits per heavy atom. The second-order valence-electron chi connectivity index (χ2n) is 4.77. The maximum absolute atomic E-state index is 12.0. The van der Waals surface area contributed by atoms with Crippen molar-refractivity contribution < 1.29 is 29.0 Å². The lowest BCUT2D eigenvalue weighted by Crippen LogP contribution is -2.41. The Morgan fingerprint density at radius 1 is 1.43 bits per heavy atom. The van der Waals surface area contributed by atoms with Gasteiger partial charge in [-0.15, -0.1) is 0 Å². The number of carbonyl (C=O) groups is 3. The average Bonchev–Trinajstić information content (AvgIpc) is 3.07. The quantitative estimate of drug-likeness (QED) is 0.670. The molecule has 2 amide bonds. The fourth-order valence-corrected chi connectivity index (χ4v) is 2.24. The fourth-order valence-electron chi connectivity index (χ4n) is 2.24. The van der Waals surface area contributed by atoms with Crippen molar-refractivity contribution in [1.29, 1.82) is 0 Å². The zero-order valence-corrected chi connectivity index (χ0v) is 11.2. The van der Waals surface area contributed by atoms with Crippen LogP contribution >= 0.6 is 0 Å². The summed E-state index contributed by atoms with van der Waals surface area (Å²) >= 11 is 0. The Labute approximate surface area is 120 Å². The third-order valence-corrected chi connectivity index (χ3v) is 3.25. The van der Waals surface area contributed by atoms with Crippen LogP contribution in [0.15, 0.2) is 22.8 Å². The van der Waals surface area contributed by atoms with Gasteiger partial charge in [0.1, 0.15) is 6.04 Å². The summed E-state index contributed by atoms with van der Waals surface area (Å²) in [6.07, 6.45) is 0.527. The summed E-state index contributed by atoms with van der Waals surface area (Å²) in [4.78, 5) is 35.7. The SMILES string of the molecule is O=C(NCCC(=O)N1C[C@@H](O)C[C@H]1C(=O)O)c1ccco1. The van der Waals surface area contributed by atoms with Gasteiger partial charge in [-0.3, -0.25) is 9.59 Å². The second kappa shape index (κ2) is 6.40. The molecule has 21 heavy (non-hydrogen) atoms. The average molecular weight is 296 g/mol. The molecule has 2 rings (SSSR count). The highest BCUT2D eigenvalue weighted by molar-refractivity contribution is 5.91. The number of carboxylic acids is 1. The molecule has 1 saturated heterocycles. The van der Waals surface area contributed by atoms with E-state index in [1.54, 1.807) is 6.07 Å². The van der Waals surface area contributed by atoms with Crippen molar-refractivity contribution in [3.8, 4) is 0 Å². The van der Waals surface area contributed by atoms with E-state index in [9.17, 15) is 19.5 Å². The number of aliphatic hydroxyl groups is 1. The summed E-state index contributed by atoms with van der Waals surface area (Å²) < 4.78 is 4.90. The van der Waals surface area contributed by atoms with Gasteiger partial charge in [0.2, 0.25) is 5.91 Å². The van der Waals surface area contributed by atoms with E-state index >= 15 is 0 Å². The third-order valence-electron chi connectivity index (χ3n) is 3.25. The van der Waals surface area contributed by atoms with Crippen LogP contribution in [0.1, 0.15) is 23.4 Å².